The first-order valence-corrected chi connectivity index (χ1v) is 12.3. The second-order valence-corrected chi connectivity index (χ2v) is 9.67. The summed E-state index contributed by atoms with van der Waals surface area (Å²) in [6, 6.07) is 15.8. The van der Waals surface area contributed by atoms with Crippen LogP contribution in [0.2, 0.25) is 0 Å². The summed E-state index contributed by atoms with van der Waals surface area (Å²) >= 11 is 3.52. The van der Waals surface area contributed by atoms with Crippen molar-refractivity contribution >= 4 is 49.7 Å². The third-order valence-electron chi connectivity index (χ3n) is 6.41. The van der Waals surface area contributed by atoms with E-state index < -0.39 is 0 Å². The number of hydrogen-bond acceptors (Lipinski definition) is 6. The summed E-state index contributed by atoms with van der Waals surface area (Å²) in [5.74, 6) is 1.42. The Morgan fingerprint density at radius 3 is 2.71 bits per heavy atom. The van der Waals surface area contributed by atoms with Crippen LogP contribution in [0.25, 0.3) is 21.9 Å². The number of nitrogens with zero attached hydrogens (tertiary/aromatic N) is 3. The lowest BCUT2D eigenvalue weighted by Gasteiger charge is -2.34. The minimum Gasteiger partial charge on any atom is -0.461 e. The highest BCUT2D eigenvalue weighted by Crippen LogP contribution is 2.38. The van der Waals surface area contributed by atoms with Gasteiger partial charge in [-0.15, -0.1) is 0 Å². The van der Waals surface area contributed by atoms with E-state index in [1.54, 1.807) is 0 Å². The molecule has 0 atom stereocenters. The molecule has 2 heterocycles. The summed E-state index contributed by atoms with van der Waals surface area (Å²) in [4.78, 5) is 21.9. The molecule has 8 heteroatoms. The number of anilines is 1. The van der Waals surface area contributed by atoms with Crippen LogP contribution in [0.15, 0.2) is 53.0 Å². The Morgan fingerprint density at radius 2 is 1.94 bits per heavy atom. The van der Waals surface area contributed by atoms with Crippen LogP contribution < -0.4 is 5.73 Å². The zero-order valence-corrected chi connectivity index (χ0v) is 20.6. The highest BCUT2D eigenvalue weighted by Gasteiger charge is 2.36. The molecule has 2 N–H and O–H groups in total. The third kappa shape index (κ3) is 4.52. The van der Waals surface area contributed by atoms with Crippen molar-refractivity contribution < 1.29 is 14.3 Å². The quantitative estimate of drug-likeness (QED) is 0.318. The van der Waals surface area contributed by atoms with Gasteiger partial charge in [0.15, 0.2) is 5.82 Å². The van der Waals surface area contributed by atoms with Gasteiger partial charge >= 0.3 is 5.97 Å². The van der Waals surface area contributed by atoms with Crippen molar-refractivity contribution in [1.82, 2.24) is 14.5 Å². The Bertz CT molecular complexity index is 1330. The van der Waals surface area contributed by atoms with Crippen LogP contribution in [0.3, 0.4) is 0 Å². The van der Waals surface area contributed by atoms with Gasteiger partial charge in [0, 0.05) is 23.0 Å². The number of benzene rings is 2. The molecule has 0 bridgehead atoms. The lowest BCUT2D eigenvalue weighted by Crippen LogP contribution is -2.34. The smallest absolute Gasteiger partial charge is 0.309 e. The zero-order chi connectivity index (χ0) is 23.7. The van der Waals surface area contributed by atoms with Crippen molar-refractivity contribution in [2.45, 2.75) is 39.5 Å². The largest absolute Gasteiger partial charge is 0.461 e. The highest BCUT2D eigenvalue weighted by molar-refractivity contribution is 9.10. The molecular formula is C26H27BrN4O3. The average molecular weight is 523 g/mol. The monoisotopic (exact) mass is 522 g/mol. The van der Waals surface area contributed by atoms with E-state index in [-0.39, 0.29) is 11.9 Å². The van der Waals surface area contributed by atoms with Crippen LogP contribution in [0.1, 0.15) is 31.2 Å². The summed E-state index contributed by atoms with van der Waals surface area (Å²) in [5.41, 5.74) is 9.79. The van der Waals surface area contributed by atoms with Crippen molar-refractivity contribution in [3.05, 3.63) is 64.4 Å². The van der Waals surface area contributed by atoms with E-state index in [9.17, 15) is 4.79 Å². The fourth-order valence-electron chi connectivity index (χ4n) is 4.61. The first kappa shape index (κ1) is 22.8. The fraction of sp³-hybridized carbons (Fsp3) is 0.346. The SMILES string of the molecule is CCOCc1nc2c(N)nc3cc(Br)ccc3c2n1CC1CC(C(=O)OCc2ccccc2)C1. The highest BCUT2D eigenvalue weighted by atomic mass is 79.9. The maximum Gasteiger partial charge on any atom is 0.309 e. The topological polar surface area (TPSA) is 92.3 Å². The number of carbonyl (C=O) groups excluding carboxylic acids is 1. The first-order valence-electron chi connectivity index (χ1n) is 11.6. The number of aromatic nitrogens is 3. The number of halogens is 1. The zero-order valence-electron chi connectivity index (χ0n) is 19.0. The Labute approximate surface area is 206 Å². The van der Waals surface area contributed by atoms with E-state index in [1.165, 1.54) is 0 Å². The molecule has 0 radical (unpaired) electrons. The molecule has 1 aliphatic rings. The summed E-state index contributed by atoms with van der Waals surface area (Å²) in [5, 5.41) is 1.00. The van der Waals surface area contributed by atoms with Gasteiger partial charge in [0.2, 0.25) is 0 Å². The maximum absolute atomic E-state index is 12.5. The van der Waals surface area contributed by atoms with Gasteiger partial charge in [-0.05, 0) is 49.4 Å². The van der Waals surface area contributed by atoms with E-state index >= 15 is 0 Å². The fourth-order valence-corrected chi connectivity index (χ4v) is 4.96. The van der Waals surface area contributed by atoms with Gasteiger partial charge in [0.1, 0.15) is 24.6 Å². The van der Waals surface area contributed by atoms with Crippen molar-refractivity contribution in [2.75, 3.05) is 12.3 Å². The van der Waals surface area contributed by atoms with E-state index in [0.717, 1.165) is 51.7 Å². The average Bonchev–Trinajstić information content (AvgIpc) is 3.17. The summed E-state index contributed by atoms with van der Waals surface area (Å²) < 4.78 is 14.4. The van der Waals surface area contributed by atoms with Crippen LogP contribution in [-0.4, -0.2) is 27.1 Å². The van der Waals surface area contributed by atoms with E-state index in [1.807, 2.05) is 55.5 Å². The third-order valence-corrected chi connectivity index (χ3v) is 6.91. The molecule has 1 aliphatic carbocycles. The molecule has 2 aromatic heterocycles. The molecule has 0 spiro atoms. The standard InChI is InChI=1S/C26H27BrN4O3/c1-2-33-15-22-30-23-24(20-9-8-19(27)12-21(20)29-25(23)28)31(22)13-17-10-18(11-17)26(32)34-14-16-6-4-3-5-7-16/h3-9,12,17-18H,2,10-11,13-15H2,1H3,(H2,28,29). The van der Waals surface area contributed by atoms with E-state index in [4.69, 9.17) is 20.2 Å². The minimum absolute atomic E-state index is 0.0572. The number of rotatable bonds is 8. The molecule has 0 aliphatic heterocycles. The van der Waals surface area contributed by atoms with Gasteiger partial charge in [0.25, 0.3) is 0 Å². The second kappa shape index (κ2) is 9.72. The van der Waals surface area contributed by atoms with Crippen LogP contribution in [0.4, 0.5) is 5.82 Å². The van der Waals surface area contributed by atoms with Crippen LogP contribution in [-0.2, 0) is 34.0 Å². The van der Waals surface area contributed by atoms with Gasteiger partial charge < -0.3 is 19.8 Å². The number of ether oxygens (including phenoxy) is 2. The number of fused-ring (bicyclic) bond motifs is 3. The molecular weight excluding hydrogens is 496 g/mol. The molecule has 1 saturated carbocycles. The number of imidazole rings is 1. The molecule has 0 amide bonds. The van der Waals surface area contributed by atoms with Crippen LogP contribution in [0.5, 0.6) is 0 Å². The number of esters is 1. The number of carbonyl (C=O) groups is 1. The van der Waals surface area contributed by atoms with Crippen molar-refractivity contribution in [1.29, 1.82) is 0 Å². The van der Waals surface area contributed by atoms with Gasteiger partial charge in [-0.2, -0.15) is 0 Å². The maximum atomic E-state index is 12.5. The molecule has 5 rings (SSSR count). The predicted octanol–water partition coefficient (Wildman–Crippen LogP) is 5.24. The molecule has 34 heavy (non-hydrogen) atoms. The molecule has 7 nitrogen and oxygen atoms in total. The van der Waals surface area contributed by atoms with Gasteiger partial charge in [-0.1, -0.05) is 46.3 Å². The Hall–Kier alpha value is -2.97. The molecule has 1 fully saturated rings. The van der Waals surface area contributed by atoms with E-state index in [0.29, 0.717) is 37.1 Å². The van der Waals surface area contributed by atoms with Crippen molar-refractivity contribution in [3.63, 3.8) is 0 Å². The molecule has 4 aromatic rings. The predicted molar refractivity (Wildman–Crippen MR) is 135 cm³/mol. The Kier molecular flexibility index (Phi) is 6.52. The number of pyridine rings is 1. The molecule has 2 aromatic carbocycles. The first-order chi connectivity index (χ1) is 16.5. The van der Waals surface area contributed by atoms with Gasteiger partial charge in [-0.25, -0.2) is 9.97 Å². The lowest BCUT2D eigenvalue weighted by molar-refractivity contribution is -0.154. The van der Waals surface area contributed by atoms with Gasteiger partial charge in [-0.3, -0.25) is 4.79 Å². The van der Waals surface area contributed by atoms with E-state index in [2.05, 4.69) is 25.5 Å². The summed E-state index contributed by atoms with van der Waals surface area (Å²) in [6.45, 7) is 4.03. The minimum atomic E-state index is -0.117. The normalized spacial score (nSPS) is 17.7. The van der Waals surface area contributed by atoms with Crippen LogP contribution >= 0.6 is 15.9 Å². The number of nitrogens with two attached hydrogens (primary N) is 1. The summed E-state index contributed by atoms with van der Waals surface area (Å²) in [7, 11) is 0. The Morgan fingerprint density at radius 1 is 1.15 bits per heavy atom. The van der Waals surface area contributed by atoms with Crippen LogP contribution in [0, 0.1) is 11.8 Å². The van der Waals surface area contributed by atoms with Gasteiger partial charge in [0.05, 0.1) is 17.0 Å². The number of hydrogen-bond donors (Lipinski definition) is 1. The Balaban J connectivity index is 1.36. The van der Waals surface area contributed by atoms with Crippen molar-refractivity contribution in [3.8, 4) is 0 Å². The molecule has 176 valence electrons. The lowest BCUT2D eigenvalue weighted by atomic mass is 9.75. The molecule has 0 saturated heterocycles. The second-order valence-electron chi connectivity index (χ2n) is 8.76. The van der Waals surface area contributed by atoms with Crippen molar-refractivity contribution in [2.24, 2.45) is 11.8 Å². The summed E-state index contributed by atoms with van der Waals surface area (Å²) in [6.07, 6.45) is 1.59. The molecule has 0 unspecified atom stereocenters. The number of nitrogen functional groups attached to an aromatic ring is 1.